The van der Waals surface area contributed by atoms with Crippen LogP contribution in [0.3, 0.4) is 0 Å². The first-order valence-corrected chi connectivity index (χ1v) is 7.67. The van der Waals surface area contributed by atoms with E-state index in [4.69, 9.17) is 0 Å². The van der Waals surface area contributed by atoms with Gasteiger partial charge >= 0.3 is 6.18 Å². The summed E-state index contributed by atoms with van der Waals surface area (Å²) in [4.78, 5) is 4.47. The lowest BCUT2D eigenvalue weighted by atomic mass is 10.1. The molecule has 0 saturated carbocycles. The summed E-state index contributed by atoms with van der Waals surface area (Å²) >= 11 is 0. The van der Waals surface area contributed by atoms with Crippen molar-refractivity contribution >= 4 is 29.9 Å². The number of aryl methyl sites for hydroxylation is 1. The number of guanidine groups is 1. The number of nitrogens with zero attached hydrogens (tertiary/aromatic N) is 2. The molecule has 0 fully saturated rings. The number of aliphatic imine (C=N–C) groups is 1. The molecule has 0 amide bonds. The van der Waals surface area contributed by atoms with Gasteiger partial charge in [0.05, 0.1) is 12.1 Å². The fourth-order valence-electron chi connectivity index (χ4n) is 2.16. The van der Waals surface area contributed by atoms with E-state index in [-0.39, 0.29) is 24.0 Å². The molecule has 0 aliphatic carbocycles. The van der Waals surface area contributed by atoms with E-state index in [1.807, 2.05) is 37.0 Å². The second-order valence-electron chi connectivity index (χ2n) is 5.43. The van der Waals surface area contributed by atoms with Gasteiger partial charge in [-0.1, -0.05) is 12.1 Å². The summed E-state index contributed by atoms with van der Waals surface area (Å²) < 4.78 is 39.6. The standard InChI is InChI=1S/C17H21F3N4.HI/c1-3-21-16(23-11-14-8-9-24(2)12-14)22-10-13-4-6-15(7-5-13)17(18,19)20;/h4-9,12H,3,10-11H2,1-2H3,(H2,21,22,23);1H. The zero-order valence-corrected chi connectivity index (χ0v) is 16.4. The second-order valence-corrected chi connectivity index (χ2v) is 5.43. The summed E-state index contributed by atoms with van der Waals surface area (Å²) in [5.41, 5.74) is 1.20. The maximum Gasteiger partial charge on any atom is 0.416 e. The number of rotatable bonds is 5. The predicted molar refractivity (Wildman–Crippen MR) is 104 cm³/mol. The van der Waals surface area contributed by atoms with Gasteiger partial charge in [0.15, 0.2) is 5.96 Å². The van der Waals surface area contributed by atoms with Crippen LogP contribution < -0.4 is 10.6 Å². The van der Waals surface area contributed by atoms with Crippen LogP contribution in [-0.2, 0) is 26.3 Å². The lowest BCUT2D eigenvalue weighted by molar-refractivity contribution is -0.137. The average Bonchev–Trinajstić information content (AvgIpc) is 2.95. The van der Waals surface area contributed by atoms with Crippen LogP contribution in [0, 0.1) is 0 Å². The monoisotopic (exact) mass is 466 g/mol. The first kappa shape index (κ1) is 21.3. The number of aromatic nitrogens is 1. The first-order chi connectivity index (χ1) is 11.4. The summed E-state index contributed by atoms with van der Waals surface area (Å²) in [5.74, 6) is 0.626. The molecule has 1 heterocycles. The van der Waals surface area contributed by atoms with E-state index in [0.29, 0.717) is 25.6 Å². The van der Waals surface area contributed by atoms with E-state index >= 15 is 0 Å². The molecule has 1 aromatic heterocycles. The Morgan fingerprint density at radius 1 is 1.08 bits per heavy atom. The Kier molecular flexibility index (Phi) is 8.27. The van der Waals surface area contributed by atoms with Crippen molar-refractivity contribution in [1.82, 2.24) is 15.2 Å². The van der Waals surface area contributed by atoms with Crippen LogP contribution in [0.1, 0.15) is 23.6 Å². The maximum absolute atomic E-state index is 12.6. The molecule has 25 heavy (non-hydrogen) atoms. The Bertz CT molecular complexity index is 678. The lowest BCUT2D eigenvalue weighted by Crippen LogP contribution is -2.36. The van der Waals surface area contributed by atoms with Crippen molar-refractivity contribution in [3.8, 4) is 0 Å². The van der Waals surface area contributed by atoms with E-state index < -0.39 is 11.7 Å². The highest BCUT2D eigenvalue weighted by molar-refractivity contribution is 14.0. The minimum atomic E-state index is -4.31. The number of nitrogens with one attached hydrogen (secondary N) is 2. The summed E-state index contributed by atoms with van der Waals surface area (Å²) in [6.07, 6.45) is -0.367. The van der Waals surface area contributed by atoms with Gasteiger partial charge in [0.25, 0.3) is 0 Å². The van der Waals surface area contributed by atoms with Crippen LogP contribution in [-0.4, -0.2) is 17.1 Å². The van der Waals surface area contributed by atoms with E-state index in [2.05, 4.69) is 15.6 Å². The smallest absolute Gasteiger partial charge is 0.357 e. The van der Waals surface area contributed by atoms with Gasteiger partial charge in [-0.05, 0) is 36.2 Å². The number of halogens is 4. The number of alkyl halides is 3. The molecule has 0 saturated heterocycles. The second kappa shape index (κ2) is 9.69. The molecule has 2 N–H and O–H groups in total. The van der Waals surface area contributed by atoms with Crippen LogP contribution >= 0.6 is 24.0 Å². The molecule has 0 bridgehead atoms. The molecule has 0 atom stereocenters. The molecule has 0 aliphatic rings. The van der Waals surface area contributed by atoms with Crippen molar-refractivity contribution < 1.29 is 13.2 Å². The van der Waals surface area contributed by atoms with Crippen LogP contribution in [0.4, 0.5) is 13.2 Å². The molecule has 4 nitrogen and oxygen atoms in total. The molecule has 2 rings (SSSR count). The zero-order valence-electron chi connectivity index (χ0n) is 14.1. The zero-order chi connectivity index (χ0) is 17.6. The molecule has 1 aromatic carbocycles. The van der Waals surface area contributed by atoms with Gasteiger partial charge in [-0.15, -0.1) is 24.0 Å². The normalized spacial score (nSPS) is 11.8. The van der Waals surface area contributed by atoms with Gasteiger partial charge in [-0.3, -0.25) is 0 Å². The molecule has 0 aliphatic heterocycles. The maximum atomic E-state index is 12.6. The van der Waals surface area contributed by atoms with E-state index in [0.717, 1.165) is 23.3 Å². The third-order valence-electron chi connectivity index (χ3n) is 3.40. The van der Waals surface area contributed by atoms with Crippen LogP contribution in [0.25, 0.3) is 0 Å². The Labute approximate surface area is 162 Å². The van der Waals surface area contributed by atoms with Crippen molar-refractivity contribution in [2.24, 2.45) is 12.0 Å². The minimum absolute atomic E-state index is 0. The fourth-order valence-corrected chi connectivity index (χ4v) is 2.16. The fraction of sp³-hybridized carbons (Fsp3) is 0.353. The van der Waals surface area contributed by atoms with Crippen molar-refractivity contribution in [3.05, 3.63) is 59.4 Å². The van der Waals surface area contributed by atoms with Gasteiger partial charge in [0.2, 0.25) is 0 Å². The highest BCUT2D eigenvalue weighted by Gasteiger charge is 2.29. The molecular weight excluding hydrogens is 444 g/mol. The Morgan fingerprint density at radius 2 is 1.76 bits per heavy atom. The molecule has 138 valence electrons. The quantitative estimate of drug-likeness (QED) is 0.399. The van der Waals surface area contributed by atoms with Gasteiger partial charge < -0.3 is 15.2 Å². The van der Waals surface area contributed by atoms with Crippen molar-refractivity contribution in [2.75, 3.05) is 6.54 Å². The van der Waals surface area contributed by atoms with E-state index in [1.165, 1.54) is 12.1 Å². The van der Waals surface area contributed by atoms with Crippen molar-refractivity contribution in [1.29, 1.82) is 0 Å². The number of hydrogen-bond acceptors (Lipinski definition) is 1. The van der Waals surface area contributed by atoms with Crippen LogP contribution in [0.15, 0.2) is 47.7 Å². The third kappa shape index (κ3) is 6.97. The third-order valence-corrected chi connectivity index (χ3v) is 3.40. The van der Waals surface area contributed by atoms with Gasteiger partial charge in [-0.25, -0.2) is 4.99 Å². The van der Waals surface area contributed by atoms with E-state index in [9.17, 15) is 13.2 Å². The van der Waals surface area contributed by atoms with Crippen molar-refractivity contribution in [3.63, 3.8) is 0 Å². The summed E-state index contributed by atoms with van der Waals surface area (Å²) in [6, 6.07) is 7.10. The predicted octanol–water partition coefficient (Wildman–Crippen LogP) is 3.92. The Hall–Kier alpha value is -1.71. The number of hydrogen-bond donors (Lipinski definition) is 2. The van der Waals surface area contributed by atoms with Gasteiger partial charge in [0.1, 0.15) is 0 Å². The Morgan fingerprint density at radius 3 is 2.28 bits per heavy atom. The van der Waals surface area contributed by atoms with Crippen LogP contribution in [0.2, 0.25) is 0 Å². The topological polar surface area (TPSA) is 41.4 Å². The molecule has 2 aromatic rings. The Balaban J connectivity index is 0.00000312. The molecule has 0 unspecified atom stereocenters. The highest BCUT2D eigenvalue weighted by atomic mass is 127. The molecule has 0 spiro atoms. The largest absolute Gasteiger partial charge is 0.416 e. The van der Waals surface area contributed by atoms with E-state index in [1.54, 1.807) is 0 Å². The summed E-state index contributed by atoms with van der Waals surface area (Å²) in [5, 5.41) is 6.24. The van der Waals surface area contributed by atoms with Crippen molar-refractivity contribution in [2.45, 2.75) is 26.2 Å². The average molecular weight is 466 g/mol. The van der Waals surface area contributed by atoms with Gasteiger partial charge in [-0.2, -0.15) is 13.2 Å². The first-order valence-electron chi connectivity index (χ1n) is 7.67. The summed E-state index contributed by atoms with van der Waals surface area (Å²) in [7, 11) is 1.95. The van der Waals surface area contributed by atoms with Crippen LogP contribution in [0.5, 0.6) is 0 Å². The summed E-state index contributed by atoms with van der Waals surface area (Å²) in [6.45, 7) is 3.59. The number of benzene rings is 1. The molecule has 8 heteroatoms. The lowest BCUT2D eigenvalue weighted by Gasteiger charge is -2.12. The van der Waals surface area contributed by atoms with Gasteiger partial charge in [0, 0.05) is 32.5 Å². The molecular formula is C17H22F3IN4. The minimum Gasteiger partial charge on any atom is -0.357 e. The highest BCUT2D eigenvalue weighted by Crippen LogP contribution is 2.28. The SMILES string of the molecule is CCNC(=NCc1ccn(C)c1)NCc1ccc(C(F)(F)F)cc1.I. The molecule has 0 radical (unpaired) electrons.